The molecule has 0 aliphatic heterocycles. The van der Waals surface area contributed by atoms with Gasteiger partial charge in [-0.05, 0) is 37.6 Å². The second-order valence-electron chi connectivity index (χ2n) is 4.28. The smallest absolute Gasteiger partial charge is 0.139 e. The zero-order valence-corrected chi connectivity index (χ0v) is 11.9. The Hall–Kier alpha value is -1.88. The van der Waals surface area contributed by atoms with Crippen LogP contribution in [0.2, 0.25) is 0 Å². The van der Waals surface area contributed by atoms with Crippen molar-refractivity contribution in [2.75, 3.05) is 11.4 Å². The van der Waals surface area contributed by atoms with Crippen LogP contribution in [0.1, 0.15) is 23.8 Å². The summed E-state index contributed by atoms with van der Waals surface area (Å²) in [4.78, 5) is 6.90. The molecule has 0 aromatic carbocycles. The number of thiocarbonyl (C=S) groups is 1. The summed E-state index contributed by atoms with van der Waals surface area (Å²) in [7, 11) is 0. The molecule has 0 atom stereocenters. The van der Waals surface area contributed by atoms with E-state index < -0.39 is 0 Å². The molecule has 0 fully saturated rings. The van der Waals surface area contributed by atoms with E-state index in [1.54, 1.807) is 12.5 Å². The fraction of sp³-hybridized carbons (Fsp3) is 0.286. The second-order valence-corrected chi connectivity index (χ2v) is 4.72. The zero-order chi connectivity index (χ0) is 13.8. The minimum absolute atomic E-state index is 0.374. The molecule has 4 nitrogen and oxygen atoms in total. The molecule has 2 rings (SSSR count). The van der Waals surface area contributed by atoms with Crippen molar-refractivity contribution < 1.29 is 4.42 Å². The van der Waals surface area contributed by atoms with Gasteiger partial charge in [0.25, 0.3) is 0 Å². The summed E-state index contributed by atoms with van der Waals surface area (Å²) in [6.07, 6.45) is 3.44. The first kappa shape index (κ1) is 13.5. The molecule has 0 unspecified atom stereocenters. The van der Waals surface area contributed by atoms with E-state index in [9.17, 15) is 0 Å². The Balaban J connectivity index is 2.38. The van der Waals surface area contributed by atoms with E-state index in [-0.39, 0.29) is 0 Å². The van der Waals surface area contributed by atoms with Gasteiger partial charge < -0.3 is 15.1 Å². The first-order valence-electron chi connectivity index (χ1n) is 6.16. The standard InChI is InChI=1S/C14H17N3OS/c1-3-17(9-11-5-4-8-18-11)14-12(13(15)19)10(2)6-7-16-14/h4-8H,3,9H2,1-2H3,(H2,15,19). The molecule has 0 amide bonds. The number of pyridine rings is 1. The third kappa shape index (κ3) is 2.93. The Morgan fingerprint density at radius 2 is 2.26 bits per heavy atom. The van der Waals surface area contributed by atoms with Crippen molar-refractivity contribution in [2.24, 2.45) is 5.73 Å². The molecule has 0 saturated carbocycles. The molecule has 0 saturated heterocycles. The highest BCUT2D eigenvalue weighted by molar-refractivity contribution is 7.80. The van der Waals surface area contributed by atoms with Crippen molar-refractivity contribution in [2.45, 2.75) is 20.4 Å². The maximum atomic E-state index is 5.82. The van der Waals surface area contributed by atoms with E-state index in [1.165, 1.54) is 0 Å². The van der Waals surface area contributed by atoms with Crippen LogP contribution in [0, 0.1) is 6.92 Å². The Bertz CT molecular complexity index is 566. The highest BCUT2D eigenvalue weighted by atomic mass is 32.1. The van der Waals surface area contributed by atoms with Crippen LogP contribution in [0.3, 0.4) is 0 Å². The number of rotatable bonds is 5. The number of nitrogens with zero attached hydrogens (tertiary/aromatic N) is 2. The molecule has 5 heteroatoms. The number of nitrogens with two attached hydrogens (primary N) is 1. The van der Waals surface area contributed by atoms with Crippen molar-refractivity contribution in [1.29, 1.82) is 0 Å². The van der Waals surface area contributed by atoms with Crippen LogP contribution >= 0.6 is 12.2 Å². The second kappa shape index (κ2) is 5.84. The average Bonchev–Trinajstić information content (AvgIpc) is 2.88. The van der Waals surface area contributed by atoms with Crippen molar-refractivity contribution in [3.63, 3.8) is 0 Å². The number of hydrogen-bond donors (Lipinski definition) is 1. The van der Waals surface area contributed by atoms with Crippen LogP contribution in [0.25, 0.3) is 0 Å². The molecule has 0 aliphatic rings. The summed E-state index contributed by atoms with van der Waals surface area (Å²) in [5.41, 5.74) is 7.70. The number of anilines is 1. The van der Waals surface area contributed by atoms with Crippen molar-refractivity contribution in [1.82, 2.24) is 4.98 Å². The summed E-state index contributed by atoms with van der Waals surface area (Å²) < 4.78 is 5.38. The predicted molar refractivity (Wildman–Crippen MR) is 80.3 cm³/mol. The van der Waals surface area contributed by atoms with Gasteiger partial charge in [0.2, 0.25) is 0 Å². The van der Waals surface area contributed by atoms with Gasteiger partial charge in [-0.1, -0.05) is 12.2 Å². The molecule has 100 valence electrons. The van der Waals surface area contributed by atoms with Crippen LogP contribution in [0.15, 0.2) is 35.1 Å². The lowest BCUT2D eigenvalue weighted by Crippen LogP contribution is -2.27. The average molecular weight is 275 g/mol. The summed E-state index contributed by atoms with van der Waals surface area (Å²) in [6, 6.07) is 5.74. The largest absolute Gasteiger partial charge is 0.467 e. The maximum absolute atomic E-state index is 5.82. The number of hydrogen-bond acceptors (Lipinski definition) is 4. The Morgan fingerprint density at radius 1 is 1.47 bits per heavy atom. The normalized spacial score (nSPS) is 10.4. The first-order chi connectivity index (χ1) is 9.13. The van der Waals surface area contributed by atoms with Gasteiger partial charge in [0.05, 0.1) is 18.4 Å². The minimum Gasteiger partial charge on any atom is -0.467 e. The third-order valence-electron chi connectivity index (χ3n) is 2.99. The summed E-state index contributed by atoms with van der Waals surface area (Å²) in [5.74, 6) is 1.70. The topological polar surface area (TPSA) is 55.3 Å². The lowest BCUT2D eigenvalue weighted by Gasteiger charge is -2.24. The SMILES string of the molecule is CCN(Cc1ccco1)c1nccc(C)c1C(N)=S. The third-order valence-corrected chi connectivity index (χ3v) is 3.20. The van der Waals surface area contributed by atoms with Crippen LogP contribution in [0.4, 0.5) is 5.82 Å². The van der Waals surface area contributed by atoms with E-state index in [2.05, 4.69) is 16.8 Å². The minimum atomic E-state index is 0.374. The van der Waals surface area contributed by atoms with Gasteiger partial charge >= 0.3 is 0 Å². The van der Waals surface area contributed by atoms with E-state index in [0.717, 1.165) is 29.2 Å². The molecule has 0 bridgehead atoms. The molecule has 2 heterocycles. The molecule has 2 aromatic heterocycles. The van der Waals surface area contributed by atoms with Gasteiger partial charge in [-0.2, -0.15) is 0 Å². The van der Waals surface area contributed by atoms with Gasteiger partial charge in [0, 0.05) is 12.7 Å². The lowest BCUT2D eigenvalue weighted by atomic mass is 10.1. The summed E-state index contributed by atoms with van der Waals surface area (Å²) >= 11 is 5.14. The molecule has 0 aliphatic carbocycles. The van der Waals surface area contributed by atoms with Crippen molar-refractivity contribution >= 4 is 23.0 Å². The molecule has 19 heavy (non-hydrogen) atoms. The number of aromatic nitrogens is 1. The van der Waals surface area contributed by atoms with Crippen LogP contribution < -0.4 is 10.6 Å². The fourth-order valence-corrected chi connectivity index (χ4v) is 2.27. The predicted octanol–water partition coefficient (Wildman–Crippen LogP) is 2.64. The number of aryl methyl sites for hydroxylation is 1. The first-order valence-corrected chi connectivity index (χ1v) is 6.57. The molecular formula is C14H17N3OS. The van der Waals surface area contributed by atoms with Gasteiger partial charge in [0.15, 0.2) is 0 Å². The van der Waals surface area contributed by atoms with E-state index >= 15 is 0 Å². The number of furan rings is 1. The summed E-state index contributed by atoms with van der Waals surface area (Å²) in [6.45, 7) is 5.50. The Labute approximate surface area is 118 Å². The highest BCUT2D eigenvalue weighted by Gasteiger charge is 2.16. The van der Waals surface area contributed by atoms with Gasteiger partial charge in [-0.15, -0.1) is 0 Å². The maximum Gasteiger partial charge on any atom is 0.139 e. The lowest BCUT2D eigenvalue weighted by molar-refractivity contribution is 0.503. The zero-order valence-electron chi connectivity index (χ0n) is 11.1. The molecular weight excluding hydrogens is 258 g/mol. The van der Waals surface area contributed by atoms with E-state index in [1.807, 2.05) is 25.1 Å². The Kier molecular flexibility index (Phi) is 4.16. The monoisotopic (exact) mass is 275 g/mol. The quantitative estimate of drug-likeness (QED) is 0.850. The van der Waals surface area contributed by atoms with E-state index in [0.29, 0.717) is 11.5 Å². The van der Waals surface area contributed by atoms with Crippen molar-refractivity contribution in [3.8, 4) is 0 Å². The molecule has 2 aromatic rings. The van der Waals surface area contributed by atoms with Crippen LogP contribution in [-0.4, -0.2) is 16.5 Å². The van der Waals surface area contributed by atoms with Gasteiger partial charge in [0.1, 0.15) is 16.6 Å². The van der Waals surface area contributed by atoms with Gasteiger partial charge in [-0.3, -0.25) is 0 Å². The molecule has 0 radical (unpaired) electrons. The Morgan fingerprint density at radius 3 is 2.84 bits per heavy atom. The fourth-order valence-electron chi connectivity index (χ4n) is 2.02. The van der Waals surface area contributed by atoms with E-state index in [4.69, 9.17) is 22.4 Å². The summed E-state index contributed by atoms with van der Waals surface area (Å²) in [5, 5.41) is 0. The van der Waals surface area contributed by atoms with Crippen molar-refractivity contribution in [3.05, 3.63) is 47.5 Å². The highest BCUT2D eigenvalue weighted by Crippen LogP contribution is 2.22. The van der Waals surface area contributed by atoms with Crippen LogP contribution in [-0.2, 0) is 6.54 Å². The molecule has 0 spiro atoms. The van der Waals surface area contributed by atoms with Crippen LogP contribution in [0.5, 0.6) is 0 Å². The molecule has 2 N–H and O–H groups in total. The van der Waals surface area contributed by atoms with Gasteiger partial charge in [-0.25, -0.2) is 4.98 Å².